The van der Waals surface area contributed by atoms with Gasteiger partial charge in [-0.3, -0.25) is 0 Å². The first kappa shape index (κ1) is 44.0. The molecule has 6 heterocycles. The van der Waals surface area contributed by atoms with E-state index in [2.05, 4.69) is 20.2 Å². The van der Waals surface area contributed by atoms with Crippen molar-refractivity contribution in [3.63, 3.8) is 0 Å². The van der Waals surface area contributed by atoms with Gasteiger partial charge in [-0.15, -0.1) is 0 Å². The number of fused-ring (bicyclic) bond motifs is 2. The average molecular weight is 907 g/mol. The molecule has 0 aliphatic carbocycles. The number of hydrogen-bond donors (Lipinski definition) is 0. The molecular weight excluding hydrogens is 863 g/mol. The molecular formula is C48H44F6N10O2. The molecule has 2 aliphatic rings. The van der Waals surface area contributed by atoms with E-state index in [-0.39, 0.29) is 11.1 Å². The second-order valence-electron chi connectivity index (χ2n) is 16.2. The summed E-state index contributed by atoms with van der Waals surface area (Å²) in [4.78, 5) is 17.9. The number of benzene rings is 4. The molecule has 0 saturated carbocycles. The zero-order valence-corrected chi connectivity index (χ0v) is 36.3. The lowest BCUT2D eigenvalue weighted by Crippen LogP contribution is -2.21. The van der Waals surface area contributed by atoms with E-state index in [0.29, 0.717) is 60.7 Å². The van der Waals surface area contributed by atoms with Crippen LogP contribution < -0.4 is 9.47 Å². The van der Waals surface area contributed by atoms with Crippen molar-refractivity contribution in [1.82, 2.24) is 48.6 Å². The van der Waals surface area contributed by atoms with Crippen molar-refractivity contribution in [3.05, 3.63) is 155 Å². The molecule has 8 aromatic rings. The van der Waals surface area contributed by atoms with Crippen LogP contribution in [0.3, 0.4) is 0 Å². The third kappa shape index (κ3) is 8.66. The van der Waals surface area contributed by atoms with Crippen molar-refractivity contribution in [2.24, 2.45) is 0 Å². The first-order valence-corrected chi connectivity index (χ1v) is 21.3. The van der Waals surface area contributed by atoms with Crippen LogP contribution in [0.15, 0.2) is 110 Å². The van der Waals surface area contributed by atoms with Gasteiger partial charge in [0.1, 0.15) is 23.1 Å². The zero-order chi connectivity index (χ0) is 46.3. The Kier molecular flexibility index (Phi) is 11.7. The number of ether oxygens (including phenoxy) is 2. The molecule has 340 valence electrons. The summed E-state index contributed by atoms with van der Waals surface area (Å²) in [7, 11) is 3.17. The fourth-order valence-corrected chi connectivity index (χ4v) is 8.82. The van der Waals surface area contributed by atoms with E-state index in [4.69, 9.17) is 19.4 Å². The lowest BCUT2D eigenvalue weighted by Gasteiger charge is -2.25. The number of halogens is 6. The third-order valence-electron chi connectivity index (χ3n) is 11.9. The first-order valence-electron chi connectivity index (χ1n) is 21.3. The van der Waals surface area contributed by atoms with Crippen molar-refractivity contribution < 1.29 is 35.8 Å². The fraction of sp³-hybridized carbons (Fsp3) is 0.292. The SMILES string of the molecule is COc1cc(-c2nc3n(n2)CCC[C@@H]3c2ccccc2C(F)(F)F)ccc1-n1cnc(C)c1.COc1cc(-c2nc3n(n2)CCC[C@H]3c2ccccc2C(F)(F)F)ccc1-n1cnc(C)c1. The second kappa shape index (κ2) is 17.6. The highest BCUT2D eigenvalue weighted by atomic mass is 19.4. The number of methoxy groups -OCH3 is 2. The summed E-state index contributed by atoms with van der Waals surface area (Å²) in [5.41, 5.74) is 4.13. The lowest BCUT2D eigenvalue weighted by molar-refractivity contribution is -0.139. The number of rotatable bonds is 8. The number of aromatic nitrogens is 10. The second-order valence-corrected chi connectivity index (χ2v) is 16.2. The highest BCUT2D eigenvalue weighted by Crippen LogP contribution is 2.43. The Balaban J connectivity index is 0.000000166. The molecule has 0 fully saturated rings. The van der Waals surface area contributed by atoms with E-state index in [1.807, 2.05) is 71.8 Å². The molecule has 12 nitrogen and oxygen atoms in total. The van der Waals surface area contributed by atoms with Crippen molar-refractivity contribution in [2.45, 2.75) is 76.8 Å². The van der Waals surface area contributed by atoms with E-state index < -0.39 is 35.3 Å². The Morgan fingerprint density at radius 2 is 0.970 bits per heavy atom. The van der Waals surface area contributed by atoms with Crippen molar-refractivity contribution in [2.75, 3.05) is 14.2 Å². The van der Waals surface area contributed by atoms with Gasteiger partial charge in [-0.25, -0.2) is 29.3 Å². The minimum atomic E-state index is -4.42. The molecule has 0 amide bonds. The molecule has 0 unspecified atom stereocenters. The minimum Gasteiger partial charge on any atom is -0.495 e. The minimum absolute atomic E-state index is 0.244. The molecule has 0 spiro atoms. The quantitative estimate of drug-likeness (QED) is 0.138. The van der Waals surface area contributed by atoms with Crippen LogP contribution in [0.1, 0.15) is 82.8 Å². The van der Waals surface area contributed by atoms with E-state index in [1.165, 1.54) is 12.1 Å². The van der Waals surface area contributed by atoms with Gasteiger partial charge in [0.15, 0.2) is 11.6 Å². The molecule has 2 atom stereocenters. The predicted molar refractivity (Wildman–Crippen MR) is 233 cm³/mol. The Morgan fingerprint density at radius 1 is 0.561 bits per heavy atom. The Hall–Kier alpha value is -7.24. The number of nitrogens with zero attached hydrogens (tertiary/aromatic N) is 10. The molecule has 18 heteroatoms. The van der Waals surface area contributed by atoms with E-state index >= 15 is 0 Å². The van der Waals surface area contributed by atoms with Gasteiger partial charge < -0.3 is 18.6 Å². The van der Waals surface area contributed by atoms with E-state index in [0.717, 1.165) is 58.9 Å². The van der Waals surface area contributed by atoms with Crippen molar-refractivity contribution >= 4 is 0 Å². The van der Waals surface area contributed by atoms with Crippen LogP contribution in [0.5, 0.6) is 11.5 Å². The Labute approximate surface area is 375 Å². The normalized spacial score (nSPS) is 16.0. The summed E-state index contributed by atoms with van der Waals surface area (Å²) >= 11 is 0. The summed E-state index contributed by atoms with van der Waals surface area (Å²) in [5, 5.41) is 9.24. The summed E-state index contributed by atoms with van der Waals surface area (Å²) in [6.45, 7) is 5.06. The molecule has 0 saturated heterocycles. The summed E-state index contributed by atoms with van der Waals surface area (Å²) in [5.74, 6) is 2.36. The van der Waals surface area contributed by atoms with Gasteiger partial charge in [-0.2, -0.15) is 36.5 Å². The number of aryl methyl sites for hydroxylation is 4. The van der Waals surface area contributed by atoms with Gasteiger partial charge >= 0.3 is 12.4 Å². The van der Waals surface area contributed by atoms with Gasteiger partial charge in [-0.05, 0) is 99.2 Å². The van der Waals surface area contributed by atoms with Crippen LogP contribution in [0.4, 0.5) is 26.3 Å². The zero-order valence-electron chi connectivity index (χ0n) is 36.3. The predicted octanol–water partition coefficient (Wildman–Crippen LogP) is 10.8. The van der Waals surface area contributed by atoms with Crippen LogP contribution in [0, 0.1) is 13.8 Å². The number of imidazole rings is 2. The van der Waals surface area contributed by atoms with Gasteiger partial charge in [0, 0.05) is 48.4 Å². The Bertz CT molecular complexity index is 2820. The molecule has 4 aromatic carbocycles. The molecule has 2 aliphatic heterocycles. The van der Waals surface area contributed by atoms with Gasteiger partial charge in [0.05, 0.1) is 60.8 Å². The Morgan fingerprint density at radius 3 is 1.33 bits per heavy atom. The monoisotopic (exact) mass is 906 g/mol. The lowest BCUT2D eigenvalue weighted by atomic mass is 9.88. The topological polar surface area (TPSA) is 116 Å². The standard InChI is InChI=1S/2C24H22F3N5O/c2*1-15-13-31(14-28-15)20-10-9-16(12-21(20)33-2)22-29-23-18(7-5-11-32(23)30-22)17-6-3-4-8-19(17)24(25,26)27/h2*3-4,6,8-10,12-14,18H,5,7,11H2,1-2H3/t2*18-/m10/s1. The van der Waals surface area contributed by atoms with Gasteiger partial charge in [-0.1, -0.05) is 36.4 Å². The van der Waals surface area contributed by atoms with E-state index in [1.54, 1.807) is 60.5 Å². The summed E-state index contributed by atoms with van der Waals surface area (Å²) in [6.07, 6.45) is 1.02. The molecule has 0 radical (unpaired) electrons. The largest absolute Gasteiger partial charge is 0.495 e. The molecule has 10 rings (SSSR count). The maximum atomic E-state index is 13.6. The molecule has 66 heavy (non-hydrogen) atoms. The van der Waals surface area contributed by atoms with Crippen LogP contribution in [0.2, 0.25) is 0 Å². The maximum absolute atomic E-state index is 13.6. The van der Waals surface area contributed by atoms with Gasteiger partial charge in [0.2, 0.25) is 0 Å². The van der Waals surface area contributed by atoms with E-state index in [9.17, 15) is 26.3 Å². The number of alkyl halides is 6. The number of hydrogen-bond acceptors (Lipinski definition) is 8. The molecule has 0 bridgehead atoms. The van der Waals surface area contributed by atoms with Crippen LogP contribution in [-0.2, 0) is 25.4 Å². The first-order chi connectivity index (χ1) is 31.7. The average Bonchev–Trinajstić information content (AvgIpc) is 4.15. The maximum Gasteiger partial charge on any atom is 0.416 e. The van der Waals surface area contributed by atoms with Crippen molar-refractivity contribution in [1.29, 1.82) is 0 Å². The summed E-state index contributed by atoms with van der Waals surface area (Å²) < 4.78 is 100. The smallest absolute Gasteiger partial charge is 0.416 e. The van der Waals surface area contributed by atoms with Crippen molar-refractivity contribution in [3.8, 4) is 45.6 Å². The van der Waals surface area contributed by atoms with Gasteiger partial charge in [0.25, 0.3) is 0 Å². The third-order valence-corrected chi connectivity index (χ3v) is 11.9. The highest BCUT2D eigenvalue weighted by Gasteiger charge is 2.39. The summed E-state index contributed by atoms with van der Waals surface area (Å²) in [6, 6.07) is 22.7. The highest BCUT2D eigenvalue weighted by molar-refractivity contribution is 5.64. The van der Waals surface area contributed by atoms with Crippen LogP contribution >= 0.6 is 0 Å². The van der Waals surface area contributed by atoms with Crippen LogP contribution in [0.25, 0.3) is 34.2 Å². The van der Waals surface area contributed by atoms with Crippen LogP contribution in [-0.4, -0.2) is 62.9 Å². The molecule has 4 aromatic heterocycles. The molecule has 0 N–H and O–H groups in total. The fourth-order valence-electron chi connectivity index (χ4n) is 8.82.